The number of para-hydroxylation sites is 1. The van der Waals surface area contributed by atoms with Gasteiger partial charge >= 0.3 is 0 Å². The van der Waals surface area contributed by atoms with Crippen molar-refractivity contribution in [2.75, 3.05) is 11.6 Å². The summed E-state index contributed by atoms with van der Waals surface area (Å²) in [5.74, 6) is 0.760. The van der Waals surface area contributed by atoms with Crippen LogP contribution in [0.4, 0.5) is 5.82 Å². The summed E-state index contributed by atoms with van der Waals surface area (Å²) < 4.78 is 23.0. The first-order valence-electron chi connectivity index (χ1n) is 7.21. The molecule has 0 aliphatic carbocycles. The maximum atomic E-state index is 11.5. The summed E-state index contributed by atoms with van der Waals surface area (Å²) in [5.41, 5.74) is 1.87. The number of rotatable bonds is 4. The lowest BCUT2D eigenvalue weighted by molar-refractivity contribution is 0.602. The molecule has 2 aromatic carbocycles. The Bertz CT molecular complexity index is 932. The van der Waals surface area contributed by atoms with Crippen molar-refractivity contribution < 1.29 is 8.42 Å². The van der Waals surface area contributed by atoms with Crippen molar-refractivity contribution in [3.8, 4) is 0 Å². The van der Waals surface area contributed by atoms with Gasteiger partial charge in [0.1, 0.15) is 12.1 Å². The molecular weight excluding hydrogens is 310 g/mol. The molecule has 0 aliphatic rings. The minimum atomic E-state index is -3.17. The highest BCUT2D eigenvalue weighted by Gasteiger charge is 2.11. The molecule has 1 aromatic heterocycles. The van der Waals surface area contributed by atoms with Crippen molar-refractivity contribution in [2.24, 2.45) is 0 Å². The predicted molar refractivity (Wildman–Crippen MR) is 91.1 cm³/mol. The van der Waals surface area contributed by atoms with Crippen molar-refractivity contribution in [1.82, 2.24) is 9.97 Å². The number of fused-ring (bicyclic) bond motifs is 1. The Balaban J connectivity index is 1.87. The third kappa shape index (κ3) is 3.32. The number of aromatic nitrogens is 2. The highest BCUT2D eigenvalue weighted by Crippen LogP contribution is 2.24. The third-order valence-corrected chi connectivity index (χ3v) is 4.83. The van der Waals surface area contributed by atoms with Crippen LogP contribution >= 0.6 is 0 Å². The van der Waals surface area contributed by atoms with Gasteiger partial charge in [0.25, 0.3) is 0 Å². The highest BCUT2D eigenvalue weighted by molar-refractivity contribution is 7.90. The van der Waals surface area contributed by atoms with Crippen molar-refractivity contribution >= 4 is 26.6 Å². The van der Waals surface area contributed by atoms with Crippen molar-refractivity contribution in [3.63, 3.8) is 0 Å². The summed E-state index contributed by atoms with van der Waals surface area (Å²) in [7, 11) is -3.17. The van der Waals surface area contributed by atoms with E-state index < -0.39 is 9.84 Å². The smallest absolute Gasteiger partial charge is 0.175 e. The Morgan fingerprint density at radius 3 is 2.39 bits per heavy atom. The van der Waals surface area contributed by atoms with Gasteiger partial charge in [-0.3, -0.25) is 0 Å². The third-order valence-electron chi connectivity index (χ3n) is 3.70. The molecule has 0 radical (unpaired) electrons. The number of hydrogen-bond acceptors (Lipinski definition) is 5. The second kappa shape index (κ2) is 5.96. The van der Waals surface area contributed by atoms with E-state index in [2.05, 4.69) is 15.3 Å². The van der Waals surface area contributed by atoms with Crippen molar-refractivity contribution in [1.29, 1.82) is 0 Å². The average Bonchev–Trinajstić information content (AvgIpc) is 2.54. The summed E-state index contributed by atoms with van der Waals surface area (Å²) in [6.07, 6.45) is 2.74. The van der Waals surface area contributed by atoms with Crippen LogP contribution in [-0.2, 0) is 9.84 Å². The minimum absolute atomic E-state index is 0.0121. The van der Waals surface area contributed by atoms with E-state index in [4.69, 9.17) is 0 Å². The van der Waals surface area contributed by atoms with E-state index in [-0.39, 0.29) is 6.04 Å². The number of hydrogen-bond donors (Lipinski definition) is 1. The standard InChI is InChI=1S/C17H17N3O2S/c1-12(13-7-9-14(10-8-13)23(2,21)22)20-17-15-5-3-4-6-16(15)18-11-19-17/h3-12H,1-2H3,(H,18,19,20)/t12-/m1/s1. The molecule has 5 nitrogen and oxygen atoms in total. The molecule has 0 saturated heterocycles. The van der Waals surface area contributed by atoms with E-state index >= 15 is 0 Å². The van der Waals surface area contributed by atoms with Crippen molar-refractivity contribution in [2.45, 2.75) is 17.9 Å². The van der Waals surface area contributed by atoms with Crippen LogP contribution in [0.1, 0.15) is 18.5 Å². The van der Waals surface area contributed by atoms with E-state index in [1.165, 1.54) is 12.6 Å². The van der Waals surface area contributed by atoms with Gasteiger partial charge in [-0.2, -0.15) is 0 Å². The zero-order valence-electron chi connectivity index (χ0n) is 12.9. The molecule has 1 N–H and O–H groups in total. The molecule has 6 heteroatoms. The fourth-order valence-corrected chi connectivity index (χ4v) is 3.04. The molecule has 23 heavy (non-hydrogen) atoms. The van der Waals surface area contributed by atoms with Gasteiger partial charge in [-0.1, -0.05) is 24.3 Å². The summed E-state index contributed by atoms with van der Waals surface area (Å²) in [4.78, 5) is 8.87. The maximum Gasteiger partial charge on any atom is 0.175 e. The normalized spacial score (nSPS) is 13.0. The molecule has 0 fully saturated rings. The first kappa shape index (κ1) is 15.4. The molecule has 0 unspecified atom stereocenters. The Morgan fingerprint density at radius 2 is 1.70 bits per heavy atom. The maximum absolute atomic E-state index is 11.5. The van der Waals surface area contributed by atoms with Crippen LogP contribution in [0.15, 0.2) is 59.8 Å². The molecule has 0 aliphatic heterocycles. The van der Waals surface area contributed by atoms with Gasteiger partial charge in [-0.05, 0) is 36.8 Å². The molecule has 3 aromatic rings. The zero-order chi connectivity index (χ0) is 16.4. The quantitative estimate of drug-likeness (QED) is 0.796. The monoisotopic (exact) mass is 327 g/mol. The molecule has 1 heterocycles. The Morgan fingerprint density at radius 1 is 1.00 bits per heavy atom. The number of nitrogens with zero attached hydrogens (tertiary/aromatic N) is 2. The van der Waals surface area contributed by atoms with E-state index in [1.807, 2.05) is 43.3 Å². The van der Waals surface area contributed by atoms with E-state index in [0.29, 0.717) is 4.90 Å². The van der Waals surface area contributed by atoms with E-state index in [9.17, 15) is 8.42 Å². The first-order chi connectivity index (χ1) is 10.9. The van der Waals surface area contributed by atoms with Crippen LogP contribution in [0.2, 0.25) is 0 Å². The van der Waals surface area contributed by atoms with Gasteiger partial charge in [0.15, 0.2) is 9.84 Å². The van der Waals surface area contributed by atoms with Gasteiger partial charge in [0, 0.05) is 17.7 Å². The Labute approximate surface area is 135 Å². The van der Waals surface area contributed by atoms with Gasteiger partial charge < -0.3 is 5.32 Å². The summed E-state index contributed by atoms with van der Waals surface area (Å²) >= 11 is 0. The molecule has 1 atom stereocenters. The first-order valence-corrected chi connectivity index (χ1v) is 9.10. The van der Waals surface area contributed by atoms with E-state index in [0.717, 1.165) is 22.3 Å². The number of nitrogens with one attached hydrogen (secondary N) is 1. The molecule has 118 valence electrons. The summed E-state index contributed by atoms with van der Waals surface area (Å²) in [6.45, 7) is 2.01. The fourth-order valence-electron chi connectivity index (χ4n) is 2.41. The van der Waals surface area contributed by atoms with Gasteiger partial charge in [-0.15, -0.1) is 0 Å². The SMILES string of the molecule is C[C@@H](Nc1ncnc2ccccc12)c1ccc(S(C)(=O)=O)cc1. The number of anilines is 1. The lowest BCUT2D eigenvalue weighted by Crippen LogP contribution is -2.09. The molecular formula is C17H17N3O2S. The van der Waals surface area contributed by atoms with Gasteiger partial charge in [-0.25, -0.2) is 18.4 Å². The molecule has 0 amide bonds. The van der Waals surface area contributed by atoms with Crippen molar-refractivity contribution in [3.05, 3.63) is 60.4 Å². The van der Waals surface area contributed by atoms with Crippen LogP contribution in [0.5, 0.6) is 0 Å². The Hall–Kier alpha value is -2.47. The summed E-state index contributed by atoms with van der Waals surface area (Å²) in [6, 6.07) is 14.7. The molecule has 3 rings (SSSR count). The predicted octanol–water partition coefficient (Wildman–Crippen LogP) is 3.21. The minimum Gasteiger partial charge on any atom is -0.363 e. The van der Waals surface area contributed by atoms with Gasteiger partial charge in [0.2, 0.25) is 0 Å². The molecule has 0 spiro atoms. The van der Waals surface area contributed by atoms with Crippen LogP contribution < -0.4 is 5.32 Å². The van der Waals surface area contributed by atoms with Crippen LogP contribution in [-0.4, -0.2) is 24.6 Å². The van der Waals surface area contributed by atoms with Crippen LogP contribution in [0.3, 0.4) is 0 Å². The lowest BCUT2D eigenvalue weighted by Gasteiger charge is -2.16. The van der Waals surface area contributed by atoms with Crippen LogP contribution in [0, 0.1) is 0 Å². The molecule has 0 bridgehead atoms. The highest BCUT2D eigenvalue weighted by atomic mass is 32.2. The van der Waals surface area contributed by atoms with Crippen LogP contribution in [0.25, 0.3) is 10.9 Å². The lowest BCUT2D eigenvalue weighted by atomic mass is 10.1. The van der Waals surface area contributed by atoms with Gasteiger partial charge in [0.05, 0.1) is 10.4 Å². The largest absolute Gasteiger partial charge is 0.363 e. The summed E-state index contributed by atoms with van der Waals surface area (Å²) in [5, 5.41) is 4.31. The fraction of sp³-hybridized carbons (Fsp3) is 0.176. The second-order valence-corrected chi connectivity index (χ2v) is 7.46. The Kier molecular flexibility index (Phi) is 4.00. The zero-order valence-corrected chi connectivity index (χ0v) is 13.7. The number of benzene rings is 2. The van der Waals surface area contributed by atoms with E-state index in [1.54, 1.807) is 12.1 Å². The second-order valence-electron chi connectivity index (χ2n) is 5.45. The number of sulfone groups is 1. The topological polar surface area (TPSA) is 72.0 Å². The average molecular weight is 327 g/mol. The molecule has 0 saturated carbocycles.